The van der Waals surface area contributed by atoms with Crippen molar-refractivity contribution in [2.45, 2.75) is 121 Å². The summed E-state index contributed by atoms with van der Waals surface area (Å²) >= 11 is 1.66. The van der Waals surface area contributed by atoms with Crippen LogP contribution >= 0.6 is 11.8 Å². The zero-order valence-corrected chi connectivity index (χ0v) is 27.4. The highest BCUT2D eigenvalue weighted by Crippen LogP contribution is 2.43. The van der Waals surface area contributed by atoms with Crippen molar-refractivity contribution in [1.82, 2.24) is 20.4 Å². The van der Waals surface area contributed by atoms with Crippen molar-refractivity contribution in [3.63, 3.8) is 0 Å². The highest BCUT2D eigenvalue weighted by Gasteiger charge is 2.49. The van der Waals surface area contributed by atoms with Crippen molar-refractivity contribution in [3.05, 3.63) is 0 Å². The van der Waals surface area contributed by atoms with Gasteiger partial charge in [0.2, 0.25) is 29.5 Å². The summed E-state index contributed by atoms with van der Waals surface area (Å²) in [6, 6.07) is -1.77. The Kier molecular flexibility index (Phi) is 14.4. The molecule has 42 heavy (non-hydrogen) atoms. The van der Waals surface area contributed by atoms with Crippen LogP contribution < -0.4 is 16.4 Å². The van der Waals surface area contributed by atoms with Gasteiger partial charge < -0.3 is 26.6 Å². The number of thioether (sulfide) groups is 1. The number of aliphatic hydroxyl groups is 2. The fourth-order valence-electron chi connectivity index (χ4n) is 5.28. The number of hydrogen-bond donors (Lipinski definition) is 5. The molecule has 1 aliphatic heterocycles. The Morgan fingerprint density at radius 2 is 1.71 bits per heavy atom. The van der Waals surface area contributed by atoms with Crippen molar-refractivity contribution >= 4 is 41.3 Å². The Morgan fingerprint density at radius 1 is 1.12 bits per heavy atom. The van der Waals surface area contributed by atoms with E-state index in [0.717, 1.165) is 12.8 Å². The summed E-state index contributed by atoms with van der Waals surface area (Å²) in [7, 11) is 1.53. The zero-order chi connectivity index (χ0) is 32.5. The molecule has 6 N–H and O–H groups in total. The molecular weight excluding hydrogens is 562 g/mol. The van der Waals surface area contributed by atoms with Crippen LogP contribution in [-0.2, 0) is 24.0 Å². The molecule has 0 bridgehead atoms. The van der Waals surface area contributed by atoms with Gasteiger partial charge >= 0.3 is 0 Å². The third kappa shape index (κ3) is 10.2. The van der Waals surface area contributed by atoms with Gasteiger partial charge in [-0.3, -0.25) is 33.8 Å². The standard InChI is InChI=1S/C29H53N5O7S/c1-9-29(10-2,42-8)20-16-24(37)34(26(20)39)15-13-11-12-14-23(36)31-18-28(6,41)33(7)19(3)25(38)32-21(17-22(30)35)27(4,5)40/h19-21,40-41H,9-18H2,1-8H3,(H2,30,35)(H,31,36)(H,32,38)/t19-,20?,21-,28?/m0/s1. The third-order valence-electron chi connectivity index (χ3n) is 8.68. The second-order valence-electron chi connectivity index (χ2n) is 12.1. The summed E-state index contributed by atoms with van der Waals surface area (Å²) in [6.07, 6.45) is 5.68. The largest absolute Gasteiger partial charge is 0.388 e. The van der Waals surface area contributed by atoms with Crippen LogP contribution in [0.15, 0.2) is 0 Å². The lowest BCUT2D eigenvalue weighted by molar-refractivity contribution is -0.143. The first-order valence-corrected chi connectivity index (χ1v) is 16.0. The Labute approximate surface area is 254 Å². The molecule has 0 radical (unpaired) electrons. The lowest BCUT2D eigenvalue weighted by atomic mass is 9.85. The minimum Gasteiger partial charge on any atom is -0.388 e. The Balaban J connectivity index is 2.52. The summed E-state index contributed by atoms with van der Waals surface area (Å²) < 4.78 is -0.222. The van der Waals surface area contributed by atoms with Gasteiger partial charge in [-0.05, 0) is 66.7 Å². The van der Waals surface area contributed by atoms with Crippen LogP contribution in [0.4, 0.5) is 0 Å². The molecule has 1 aliphatic rings. The van der Waals surface area contributed by atoms with E-state index in [1.54, 1.807) is 18.7 Å². The predicted octanol–water partition coefficient (Wildman–Crippen LogP) is 1.12. The summed E-state index contributed by atoms with van der Waals surface area (Å²) in [5.74, 6) is -1.98. The normalized spacial score (nSPS) is 19.0. The average Bonchev–Trinajstić information content (AvgIpc) is 3.19. The minimum absolute atomic E-state index is 0.0893. The number of likely N-dealkylation sites (N-methyl/N-ethyl adjacent to an activating group) is 1. The fraction of sp³-hybridized carbons (Fsp3) is 0.828. The number of amides is 5. The number of primary amides is 1. The number of imide groups is 1. The predicted molar refractivity (Wildman–Crippen MR) is 163 cm³/mol. The van der Waals surface area contributed by atoms with E-state index in [1.165, 1.54) is 37.6 Å². The van der Waals surface area contributed by atoms with E-state index in [0.29, 0.717) is 25.8 Å². The van der Waals surface area contributed by atoms with Gasteiger partial charge in [-0.25, -0.2) is 0 Å². The van der Waals surface area contributed by atoms with Gasteiger partial charge in [0.1, 0.15) is 5.72 Å². The number of nitrogens with one attached hydrogen (secondary N) is 2. The molecule has 2 unspecified atom stereocenters. The minimum atomic E-state index is -1.57. The maximum absolute atomic E-state index is 13.0. The SMILES string of the molecule is CCC(CC)(SC)C1CC(=O)N(CCCCCC(=O)NCC(C)(O)N(C)[C@@H](C)C(=O)N[C@@H](CC(N)=O)C(C)(C)O)C1=O. The molecule has 1 saturated heterocycles. The third-order valence-corrected chi connectivity index (χ3v) is 10.4. The smallest absolute Gasteiger partial charge is 0.237 e. The van der Waals surface area contributed by atoms with Gasteiger partial charge in [0.15, 0.2) is 0 Å². The van der Waals surface area contributed by atoms with Crippen molar-refractivity contribution in [2.24, 2.45) is 11.7 Å². The van der Waals surface area contributed by atoms with E-state index in [-0.39, 0.29) is 54.2 Å². The Hall–Kier alpha value is -2.22. The van der Waals surface area contributed by atoms with Crippen molar-refractivity contribution in [3.8, 4) is 0 Å². The van der Waals surface area contributed by atoms with Crippen LogP contribution in [0.3, 0.4) is 0 Å². The number of nitrogens with zero attached hydrogens (tertiary/aromatic N) is 2. The molecule has 0 aromatic heterocycles. The number of nitrogens with two attached hydrogens (primary N) is 1. The van der Waals surface area contributed by atoms with Crippen LogP contribution in [0, 0.1) is 5.92 Å². The molecule has 0 spiro atoms. The van der Waals surface area contributed by atoms with Gasteiger partial charge in [-0.1, -0.05) is 20.3 Å². The monoisotopic (exact) mass is 615 g/mol. The molecule has 1 rings (SSSR count). The van der Waals surface area contributed by atoms with Gasteiger partial charge in [0.05, 0.1) is 30.1 Å². The fourth-order valence-corrected chi connectivity index (χ4v) is 6.32. The van der Waals surface area contributed by atoms with Crippen LogP contribution in [0.5, 0.6) is 0 Å². The average molecular weight is 616 g/mol. The summed E-state index contributed by atoms with van der Waals surface area (Å²) in [6.45, 7) is 10.3. The van der Waals surface area contributed by atoms with Crippen LogP contribution in [0.1, 0.15) is 92.9 Å². The summed E-state index contributed by atoms with van der Waals surface area (Å²) in [4.78, 5) is 65.0. The molecule has 0 aromatic carbocycles. The van der Waals surface area contributed by atoms with E-state index in [1.807, 2.05) is 6.26 Å². The van der Waals surface area contributed by atoms with E-state index >= 15 is 0 Å². The van der Waals surface area contributed by atoms with Gasteiger partial charge in [0.25, 0.3) is 0 Å². The van der Waals surface area contributed by atoms with Gasteiger partial charge in [-0.15, -0.1) is 0 Å². The number of unbranched alkanes of at least 4 members (excludes halogenated alkanes) is 2. The molecule has 13 heteroatoms. The van der Waals surface area contributed by atoms with Crippen LogP contribution in [-0.4, -0.2) is 104 Å². The molecule has 4 atom stereocenters. The first-order chi connectivity index (χ1) is 19.4. The zero-order valence-electron chi connectivity index (χ0n) is 26.6. The summed E-state index contributed by atoms with van der Waals surface area (Å²) in [5, 5.41) is 26.5. The molecule has 242 valence electrons. The molecule has 0 saturated carbocycles. The highest BCUT2D eigenvalue weighted by atomic mass is 32.2. The molecule has 12 nitrogen and oxygen atoms in total. The quantitative estimate of drug-likeness (QED) is 0.0808. The Bertz CT molecular complexity index is 956. The van der Waals surface area contributed by atoms with Crippen molar-refractivity contribution < 1.29 is 34.2 Å². The molecule has 1 heterocycles. The molecule has 0 aromatic rings. The van der Waals surface area contributed by atoms with Gasteiger partial charge in [0, 0.05) is 30.6 Å². The molecule has 0 aliphatic carbocycles. The first-order valence-electron chi connectivity index (χ1n) is 14.8. The van der Waals surface area contributed by atoms with E-state index in [4.69, 9.17) is 5.73 Å². The molecule has 1 fully saturated rings. The van der Waals surface area contributed by atoms with Crippen molar-refractivity contribution in [1.29, 1.82) is 0 Å². The Morgan fingerprint density at radius 3 is 2.21 bits per heavy atom. The highest BCUT2D eigenvalue weighted by molar-refractivity contribution is 8.00. The topological polar surface area (TPSA) is 182 Å². The number of rotatable bonds is 19. The molecular formula is C29H53N5O7S. The first kappa shape index (κ1) is 37.8. The molecule has 5 amide bonds. The lowest BCUT2D eigenvalue weighted by Gasteiger charge is -2.39. The number of carbonyl (C=O) groups is 5. The van der Waals surface area contributed by atoms with E-state index in [9.17, 15) is 34.2 Å². The van der Waals surface area contributed by atoms with Crippen LogP contribution in [0.25, 0.3) is 0 Å². The van der Waals surface area contributed by atoms with Crippen molar-refractivity contribution in [2.75, 3.05) is 26.4 Å². The summed E-state index contributed by atoms with van der Waals surface area (Å²) in [5.41, 5.74) is 2.27. The second-order valence-corrected chi connectivity index (χ2v) is 13.3. The lowest BCUT2D eigenvalue weighted by Crippen LogP contribution is -2.61. The maximum atomic E-state index is 13.0. The maximum Gasteiger partial charge on any atom is 0.237 e. The van der Waals surface area contributed by atoms with E-state index in [2.05, 4.69) is 24.5 Å². The van der Waals surface area contributed by atoms with Crippen LogP contribution in [0.2, 0.25) is 0 Å². The second kappa shape index (κ2) is 16.0. The number of likely N-dealkylation sites (tertiary alicyclic amines) is 1. The number of hydrogen-bond acceptors (Lipinski definition) is 9. The van der Waals surface area contributed by atoms with Gasteiger partial charge in [-0.2, -0.15) is 11.8 Å². The number of carbonyl (C=O) groups excluding carboxylic acids is 5. The van der Waals surface area contributed by atoms with E-state index < -0.39 is 35.2 Å².